The lowest BCUT2D eigenvalue weighted by Gasteiger charge is -2.29. The van der Waals surface area contributed by atoms with E-state index in [1.54, 1.807) is 12.1 Å². The Morgan fingerprint density at radius 1 is 1.36 bits per heavy atom. The van der Waals surface area contributed by atoms with Gasteiger partial charge >= 0.3 is 0 Å². The van der Waals surface area contributed by atoms with Gasteiger partial charge in [-0.15, -0.1) is 0 Å². The van der Waals surface area contributed by atoms with E-state index in [2.05, 4.69) is 10.6 Å². The minimum atomic E-state index is -0.451. The first kappa shape index (κ1) is 18.1. The fourth-order valence-corrected chi connectivity index (χ4v) is 3.35. The Hall–Kier alpha value is -1.70. The van der Waals surface area contributed by atoms with Gasteiger partial charge < -0.3 is 25.4 Å². The van der Waals surface area contributed by atoms with Crippen LogP contribution in [-0.2, 0) is 16.0 Å². The van der Waals surface area contributed by atoms with Crippen LogP contribution in [-0.4, -0.2) is 63.1 Å². The van der Waals surface area contributed by atoms with Crippen LogP contribution in [0.3, 0.4) is 0 Å². The summed E-state index contributed by atoms with van der Waals surface area (Å²) < 4.78 is 19.6. The number of nitrogens with one attached hydrogen (secondary N) is 2. The van der Waals surface area contributed by atoms with Crippen LogP contribution >= 0.6 is 0 Å². The monoisotopic (exact) mass is 351 g/mol. The van der Waals surface area contributed by atoms with Crippen LogP contribution < -0.4 is 15.5 Å². The van der Waals surface area contributed by atoms with Crippen molar-refractivity contribution in [2.24, 2.45) is 5.92 Å². The number of morpholine rings is 1. The SMILES string of the molecule is O=C(C[C@@H]1CNC[C@H]1O)NCCc1ccc(N2CCOCC2)c(F)c1. The molecule has 2 heterocycles. The van der Waals surface area contributed by atoms with Crippen molar-refractivity contribution in [3.63, 3.8) is 0 Å². The molecule has 0 radical (unpaired) electrons. The number of carbonyl (C=O) groups excluding carboxylic acids is 1. The first-order valence-corrected chi connectivity index (χ1v) is 8.90. The Morgan fingerprint density at radius 3 is 2.84 bits per heavy atom. The molecular weight excluding hydrogens is 325 g/mol. The van der Waals surface area contributed by atoms with Crippen molar-refractivity contribution >= 4 is 11.6 Å². The quantitative estimate of drug-likeness (QED) is 0.687. The molecule has 0 bridgehead atoms. The van der Waals surface area contributed by atoms with Gasteiger partial charge in [0.1, 0.15) is 5.82 Å². The van der Waals surface area contributed by atoms with Crippen molar-refractivity contribution in [2.75, 3.05) is 50.8 Å². The van der Waals surface area contributed by atoms with Gasteiger partial charge in [0.25, 0.3) is 0 Å². The summed E-state index contributed by atoms with van der Waals surface area (Å²) in [5.41, 5.74) is 1.47. The van der Waals surface area contributed by atoms with Crippen molar-refractivity contribution < 1.29 is 19.0 Å². The van der Waals surface area contributed by atoms with Gasteiger partial charge in [-0.05, 0) is 24.1 Å². The standard InChI is InChI=1S/C18H26FN3O3/c19-15-9-13(1-2-16(15)22-5-7-25-8-6-22)3-4-21-18(24)10-14-11-20-12-17(14)23/h1-2,9,14,17,20,23H,3-8,10-12H2,(H,21,24)/t14-,17-/m1/s1. The number of nitrogens with zero attached hydrogens (tertiary/aromatic N) is 1. The number of anilines is 1. The molecule has 2 aliphatic rings. The van der Waals surface area contributed by atoms with Crippen LogP contribution in [0.2, 0.25) is 0 Å². The molecule has 0 saturated carbocycles. The van der Waals surface area contributed by atoms with Crippen molar-refractivity contribution in [2.45, 2.75) is 18.9 Å². The molecule has 0 aromatic heterocycles. The molecule has 1 aromatic carbocycles. The second-order valence-electron chi connectivity index (χ2n) is 6.67. The van der Waals surface area contributed by atoms with Gasteiger partial charge in [0.05, 0.1) is 25.0 Å². The first-order chi connectivity index (χ1) is 12.1. The zero-order valence-electron chi connectivity index (χ0n) is 14.3. The van der Waals surface area contributed by atoms with Crippen LogP contribution in [0.1, 0.15) is 12.0 Å². The van der Waals surface area contributed by atoms with E-state index in [4.69, 9.17) is 4.74 Å². The molecule has 2 fully saturated rings. The number of halogens is 1. The fourth-order valence-electron chi connectivity index (χ4n) is 3.35. The average molecular weight is 351 g/mol. The Morgan fingerprint density at radius 2 is 2.16 bits per heavy atom. The van der Waals surface area contributed by atoms with Gasteiger partial charge in [0, 0.05) is 45.1 Å². The summed E-state index contributed by atoms with van der Waals surface area (Å²) in [6, 6.07) is 5.25. The highest BCUT2D eigenvalue weighted by atomic mass is 19.1. The molecule has 0 aliphatic carbocycles. The third-order valence-electron chi connectivity index (χ3n) is 4.85. The molecule has 0 spiro atoms. The summed E-state index contributed by atoms with van der Waals surface area (Å²) in [6.45, 7) is 4.33. The number of aliphatic hydroxyl groups is 1. The highest BCUT2D eigenvalue weighted by Gasteiger charge is 2.26. The van der Waals surface area contributed by atoms with E-state index >= 15 is 0 Å². The van der Waals surface area contributed by atoms with E-state index in [1.165, 1.54) is 0 Å². The first-order valence-electron chi connectivity index (χ1n) is 8.90. The van der Waals surface area contributed by atoms with Gasteiger partial charge in [-0.3, -0.25) is 4.79 Å². The largest absolute Gasteiger partial charge is 0.391 e. The fraction of sp³-hybridized carbons (Fsp3) is 0.611. The number of amides is 1. The summed E-state index contributed by atoms with van der Waals surface area (Å²) in [5.74, 6) is -0.325. The molecule has 1 amide bonds. The van der Waals surface area contributed by atoms with E-state index in [1.807, 2.05) is 11.0 Å². The Bertz CT molecular complexity index is 593. The smallest absolute Gasteiger partial charge is 0.220 e. The maximum atomic E-state index is 14.3. The number of hydrogen-bond acceptors (Lipinski definition) is 5. The number of ether oxygens (including phenoxy) is 1. The van der Waals surface area contributed by atoms with Gasteiger partial charge in [-0.2, -0.15) is 0 Å². The van der Waals surface area contributed by atoms with Gasteiger partial charge in [0.2, 0.25) is 5.91 Å². The summed E-state index contributed by atoms with van der Waals surface area (Å²) in [5, 5.41) is 15.6. The normalized spacial score (nSPS) is 23.7. The number of hydrogen-bond donors (Lipinski definition) is 3. The second kappa shape index (κ2) is 8.60. The lowest BCUT2D eigenvalue weighted by atomic mass is 10.0. The van der Waals surface area contributed by atoms with E-state index in [0.29, 0.717) is 64.5 Å². The minimum absolute atomic E-state index is 0.0229. The Balaban J connectivity index is 1.45. The van der Waals surface area contributed by atoms with Crippen molar-refractivity contribution in [1.82, 2.24) is 10.6 Å². The van der Waals surface area contributed by atoms with Crippen molar-refractivity contribution in [3.05, 3.63) is 29.6 Å². The average Bonchev–Trinajstić information content (AvgIpc) is 3.00. The highest BCUT2D eigenvalue weighted by Crippen LogP contribution is 2.21. The van der Waals surface area contributed by atoms with Gasteiger partial charge in [0.15, 0.2) is 0 Å². The molecule has 3 rings (SSSR count). The van der Waals surface area contributed by atoms with Crippen LogP contribution in [0.5, 0.6) is 0 Å². The third-order valence-corrected chi connectivity index (χ3v) is 4.85. The van der Waals surface area contributed by atoms with E-state index < -0.39 is 6.10 Å². The number of benzene rings is 1. The highest BCUT2D eigenvalue weighted by molar-refractivity contribution is 5.76. The lowest BCUT2D eigenvalue weighted by Crippen LogP contribution is -2.36. The summed E-state index contributed by atoms with van der Waals surface area (Å²) in [6.07, 6.45) is 0.448. The molecular formula is C18H26FN3O3. The van der Waals surface area contributed by atoms with E-state index in [-0.39, 0.29) is 17.6 Å². The van der Waals surface area contributed by atoms with Gasteiger partial charge in [-0.1, -0.05) is 6.07 Å². The van der Waals surface area contributed by atoms with Crippen LogP contribution in [0.25, 0.3) is 0 Å². The number of aliphatic hydroxyl groups excluding tert-OH is 1. The molecule has 138 valence electrons. The topological polar surface area (TPSA) is 73.8 Å². The van der Waals surface area contributed by atoms with Crippen LogP contribution in [0.4, 0.5) is 10.1 Å². The summed E-state index contributed by atoms with van der Waals surface area (Å²) in [7, 11) is 0. The molecule has 25 heavy (non-hydrogen) atoms. The zero-order valence-corrected chi connectivity index (χ0v) is 14.3. The second-order valence-corrected chi connectivity index (χ2v) is 6.67. The maximum absolute atomic E-state index is 14.3. The predicted octanol–water partition coefficient (Wildman–Crippen LogP) is 0.291. The van der Waals surface area contributed by atoms with Crippen LogP contribution in [0, 0.1) is 11.7 Å². The van der Waals surface area contributed by atoms with Crippen molar-refractivity contribution in [3.8, 4) is 0 Å². The maximum Gasteiger partial charge on any atom is 0.220 e. The molecule has 0 unspecified atom stereocenters. The molecule has 2 aliphatic heterocycles. The number of carbonyl (C=O) groups is 1. The summed E-state index contributed by atoms with van der Waals surface area (Å²) in [4.78, 5) is 13.9. The number of β-amino-alcohol motifs (C(OH)–C–C–N with tert-alkyl or cyclic N) is 1. The Kier molecular flexibility index (Phi) is 6.23. The molecule has 7 heteroatoms. The minimum Gasteiger partial charge on any atom is -0.391 e. The van der Waals surface area contributed by atoms with E-state index in [9.17, 15) is 14.3 Å². The molecule has 3 N–H and O–H groups in total. The number of rotatable bonds is 6. The molecule has 2 atom stereocenters. The van der Waals surface area contributed by atoms with Crippen molar-refractivity contribution in [1.29, 1.82) is 0 Å². The molecule has 1 aromatic rings. The Labute approximate surface area is 147 Å². The van der Waals surface area contributed by atoms with E-state index in [0.717, 1.165) is 5.56 Å². The lowest BCUT2D eigenvalue weighted by molar-refractivity contribution is -0.122. The third kappa shape index (κ3) is 4.90. The van der Waals surface area contributed by atoms with Gasteiger partial charge in [-0.25, -0.2) is 4.39 Å². The van der Waals surface area contributed by atoms with Crippen LogP contribution in [0.15, 0.2) is 18.2 Å². The molecule has 2 saturated heterocycles. The predicted molar refractivity (Wildman–Crippen MR) is 93.1 cm³/mol. The zero-order chi connectivity index (χ0) is 17.6. The molecule has 6 nitrogen and oxygen atoms in total. The summed E-state index contributed by atoms with van der Waals surface area (Å²) >= 11 is 0.